The minimum absolute atomic E-state index is 0.335. The number of hydrogen-bond donors (Lipinski definition) is 0. The molecule has 1 aliphatic heterocycles. The highest BCUT2D eigenvalue weighted by molar-refractivity contribution is 6.45. The highest BCUT2D eigenvalue weighted by Crippen LogP contribution is 2.38. The lowest BCUT2D eigenvalue weighted by molar-refractivity contribution is -0.120. The van der Waals surface area contributed by atoms with E-state index in [1.165, 1.54) is 4.90 Å². The number of carbonyl (C=O) groups is 2. The number of amides is 2. The number of anilines is 1. The molecule has 1 heterocycles. The third-order valence-electron chi connectivity index (χ3n) is 5.91. The molecular weight excluding hydrogens is 428 g/mol. The third kappa shape index (κ3) is 4.27. The molecule has 0 saturated heterocycles. The summed E-state index contributed by atoms with van der Waals surface area (Å²) in [5, 5.41) is 0. The third-order valence-corrected chi connectivity index (χ3v) is 5.91. The predicted molar refractivity (Wildman–Crippen MR) is 133 cm³/mol. The molecule has 0 aliphatic carbocycles. The van der Waals surface area contributed by atoms with Crippen molar-refractivity contribution in [2.75, 3.05) is 25.7 Å². The summed E-state index contributed by atoms with van der Waals surface area (Å²) in [5.41, 5.74) is 3.91. The number of hydrogen-bond acceptors (Lipinski definition) is 5. The van der Waals surface area contributed by atoms with E-state index in [1.807, 2.05) is 67.3 Å². The molecule has 6 nitrogen and oxygen atoms in total. The Balaban J connectivity index is 1.87. The predicted octanol–water partition coefficient (Wildman–Crippen LogP) is 4.82. The van der Waals surface area contributed by atoms with Crippen LogP contribution in [0.15, 0.2) is 78.5 Å². The summed E-state index contributed by atoms with van der Waals surface area (Å²) in [6, 6.07) is 22.6. The van der Waals surface area contributed by atoms with E-state index in [0.717, 1.165) is 11.1 Å². The van der Waals surface area contributed by atoms with E-state index < -0.39 is 0 Å². The van der Waals surface area contributed by atoms with Crippen molar-refractivity contribution in [3.63, 3.8) is 0 Å². The smallest absolute Gasteiger partial charge is 0.282 e. The van der Waals surface area contributed by atoms with Gasteiger partial charge in [0.05, 0.1) is 25.5 Å². The molecule has 0 saturated carbocycles. The average molecular weight is 457 g/mol. The van der Waals surface area contributed by atoms with Crippen LogP contribution in [0.1, 0.15) is 23.6 Å². The zero-order valence-electron chi connectivity index (χ0n) is 19.9. The zero-order chi connectivity index (χ0) is 24.2. The van der Waals surface area contributed by atoms with Gasteiger partial charge in [-0.25, -0.2) is 4.90 Å². The van der Waals surface area contributed by atoms with Crippen LogP contribution in [0, 0.1) is 6.92 Å². The number of carbonyl (C=O) groups excluding carboxylic acids is 2. The van der Waals surface area contributed by atoms with E-state index in [1.54, 1.807) is 38.5 Å². The van der Waals surface area contributed by atoms with Gasteiger partial charge < -0.3 is 14.4 Å². The first-order chi connectivity index (χ1) is 16.5. The van der Waals surface area contributed by atoms with Crippen LogP contribution in [-0.2, 0) is 16.1 Å². The van der Waals surface area contributed by atoms with Gasteiger partial charge in [0.2, 0.25) is 0 Å². The molecule has 6 heteroatoms. The van der Waals surface area contributed by atoms with Crippen LogP contribution in [0.25, 0.3) is 5.57 Å². The lowest BCUT2D eigenvalue weighted by Crippen LogP contribution is -2.35. The zero-order valence-corrected chi connectivity index (χ0v) is 19.9. The van der Waals surface area contributed by atoms with Gasteiger partial charge in [-0.2, -0.15) is 0 Å². The van der Waals surface area contributed by atoms with Crippen molar-refractivity contribution in [3.05, 3.63) is 95.2 Å². The summed E-state index contributed by atoms with van der Waals surface area (Å²) in [4.78, 5) is 30.9. The van der Waals surface area contributed by atoms with E-state index in [0.29, 0.717) is 47.1 Å². The molecule has 4 rings (SSSR count). The van der Waals surface area contributed by atoms with Crippen molar-refractivity contribution in [2.45, 2.75) is 20.4 Å². The normalized spacial score (nSPS) is 13.5. The summed E-state index contributed by atoms with van der Waals surface area (Å²) in [6.07, 6.45) is 0. The lowest BCUT2D eigenvalue weighted by atomic mass is 10.0. The minimum atomic E-state index is -0.357. The Hall–Kier alpha value is -4.06. The number of methoxy groups -OCH3 is 2. The fourth-order valence-electron chi connectivity index (χ4n) is 4.22. The number of rotatable bonds is 8. The Kier molecular flexibility index (Phi) is 6.68. The van der Waals surface area contributed by atoms with Crippen LogP contribution < -0.4 is 14.4 Å². The molecule has 2 amide bonds. The van der Waals surface area contributed by atoms with Crippen molar-refractivity contribution in [1.29, 1.82) is 0 Å². The van der Waals surface area contributed by atoms with E-state index in [-0.39, 0.29) is 11.8 Å². The number of imide groups is 1. The molecule has 0 unspecified atom stereocenters. The van der Waals surface area contributed by atoms with Gasteiger partial charge in [-0.05, 0) is 54.8 Å². The average Bonchev–Trinajstić information content (AvgIpc) is 3.12. The van der Waals surface area contributed by atoms with Gasteiger partial charge in [-0.15, -0.1) is 0 Å². The molecule has 0 N–H and O–H groups in total. The van der Waals surface area contributed by atoms with Crippen LogP contribution in [-0.4, -0.2) is 37.5 Å². The van der Waals surface area contributed by atoms with E-state index >= 15 is 0 Å². The molecule has 0 radical (unpaired) electrons. The van der Waals surface area contributed by atoms with Crippen LogP contribution in [0.4, 0.5) is 5.69 Å². The second-order valence-electron chi connectivity index (χ2n) is 8.08. The van der Waals surface area contributed by atoms with E-state index in [2.05, 4.69) is 0 Å². The van der Waals surface area contributed by atoms with Gasteiger partial charge in [0.15, 0.2) is 11.5 Å². The monoisotopic (exact) mass is 456 g/mol. The summed E-state index contributed by atoms with van der Waals surface area (Å²) in [7, 11) is 3.11. The van der Waals surface area contributed by atoms with Crippen molar-refractivity contribution in [1.82, 2.24) is 4.90 Å². The molecule has 174 valence electrons. The maximum absolute atomic E-state index is 13.8. The summed E-state index contributed by atoms with van der Waals surface area (Å²) < 4.78 is 10.8. The number of benzene rings is 3. The molecule has 3 aromatic carbocycles. The SMILES string of the molecule is CCN(Cc1ccccc1)C1=C(c2ccc(OC)c(OC)c2)C(=O)N(c2cccc(C)c2)C1=O. The molecule has 0 aromatic heterocycles. The Morgan fingerprint density at radius 3 is 2.21 bits per heavy atom. The highest BCUT2D eigenvalue weighted by atomic mass is 16.5. The Morgan fingerprint density at radius 2 is 1.56 bits per heavy atom. The quantitative estimate of drug-likeness (QED) is 0.455. The van der Waals surface area contributed by atoms with Crippen molar-refractivity contribution in [2.24, 2.45) is 0 Å². The second kappa shape index (κ2) is 9.83. The van der Waals surface area contributed by atoms with Crippen LogP contribution in [0.2, 0.25) is 0 Å². The topological polar surface area (TPSA) is 59.1 Å². The second-order valence-corrected chi connectivity index (χ2v) is 8.08. The molecule has 3 aromatic rings. The fraction of sp³-hybridized carbons (Fsp3) is 0.214. The van der Waals surface area contributed by atoms with E-state index in [4.69, 9.17) is 9.47 Å². The molecule has 0 atom stereocenters. The Labute approximate surface area is 200 Å². The summed E-state index contributed by atoms with van der Waals surface area (Å²) >= 11 is 0. The van der Waals surface area contributed by atoms with Crippen molar-refractivity contribution in [3.8, 4) is 11.5 Å². The van der Waals surface area contributed by atoms with Crippen LogP contribution in [0.5, 0.6) is 11.5 Å². The molecule has 0 fully saturated rings. The lowest BCUT2D eigenvalue weighted by Gasteiger charge is -2.25. The molecular formula is C28H28N2O4. The van der Waals surface area contributed by atoms with Gasteiger partial charge in [-0.1, -0.05) is 48.5 Å². The van der Waals surface area contributed by atoms with Gasteiger partial charge in [0.1, 0.15) is 5.70 Å². The maximum atomic E-state index is 13.8. The van der Waals surface area contributed by atoms with E-state index in [9.17, 15) is 9.59 Å². The molecule has 0 bridgehead atoms. The van der Waals surface area contributed by atoms with Crippen molar-refractivity contribution >= 4 is 23.1 Å². The summed E-state index contributed by atoms with van der Waals surface area (Å²) in [6.45, 7) is 4.98. The highest BCUT2D eigenvalue weighted by Gasteiger charge is 2.42. The van der Waals surface area contributed by atoms with Gasteiger partial charge in [0.25, 0.3) is 11.8 Å². The maximum Gasteiger partial charge on any atom is 0.282 e. The number of likely N-dealkylation sites (N-methyl/N-ethyl adjacent to an activating group) is 1. The largest absolute Gasteiger partial charge is 0.493 e. The van der Waals surface area contributed by atoms with Gasteiger partial charge in [0, 0.05) is 13.1 Å². The number of aryl methyl sites for hydroxylation is 1. The first kappa shape index (κ1) is 23.1. The standard InChI is InChI=1S/C28H28N2O4/c1-5-29(18-20-11-7-6-8-12-20)26-25(21-14-15-23(33-3)24(17-21)34-4)27(31)30(28(26)32)22-13-9-10-19(2)16-22/h6-17H,5,18H2,1-4H3. The van der Waals surface area contributed by atoms with Crippen molar-refractivity contribution < 1.29 is 19.1 Å². The summed E-state index contributed by atoms with van der Waals surface area (Å²) in [5.74, 6) is 0.354. The van der Waals surface area contributed by atoms with Gasteiger partial charge in [-0.3, -0.25) is 9.59 Å². The Bertz CT molecular complexity index is 1250. The van der Waals surface area contributed by atoms with Crippen LogP contribution >= 0.6 is 0 Å². The molecule has 34 heavy (non-hydrogen) atoms. The molecule has 1 aliphatic rings. The fourth-order valence-corrected chi connectivity index (χ4v) is 4.22. The minimum Gasteiger partial charge on any atom is -0.493 e. The molecule has 0 spiro atoms. The first-order valence-corrected chi connectivity index (χ1v) is 11.2. The first-order valence-electron chi connectivity index (χ1n) is 11.2. The number of nitrogens with zero attached hydrogens (tertiary/aromatic N) is 2. The Morgan fingerprint density at radius 1 is 0.824 bits per heavy atom. The van der Waals surface area contributed by atoms with Gasteiger partial charge >= 0.3 is 0 Å². The number of ether oxygens (including phenoxy) is 2. The van der Waals surface area contributed by atoms with Crippen LogP contribution in [0.3, 0.4) is 0 Å².